The first-order chi connectivity index (χ1) is 12.1. The highest BCUT2D eigenvalue weighted by Gasteiger charge is 2.59. The number of ketones is 1. The highest BCUT2D eigenvalue weighted by atomic mass is 16.6. The van der Waals surface area contributed by atoms with Crippen molar-refractivity contribution in [2.24, 2.45) is 29.1 Å². The molecule has 0 radical (unpaired) electrons. The van der Waals surface area contributed by atoms with Gasteiger partial charge in [0.25, 0.3) is 0 Å². The van der Waals surface area contributed by atoms with Crippen molar-refractivity contribution in [2.45, 2.75) is 65.0 Å². The van der Waals surface area contributed by atoms with Crippen LogP contribution in [0.4, 0.5) is 0 Å². The maximum Gasteiger partial charge on any atom is 0.167 e. The fourth-order valence-corrected chi connectivity index (χ4v) is 4.46. The summed E-state index contributed by atoms with van der Waals surface area (Å²) in [5.74, 6) is -3.07. The summed E-state index contributed by atoms with van der Waals surface area (Å²) in [5.41, 5.74) is -0.424. The summed E-state index contributed by atoms with van der Waals surface area (Å²) in [6.07, 6.45) is 3.11. The predicted molar refractivity (Wildman–Crippen MR) is 97.1 cm³/mol. The highest BCUT2D eigenvalue weighted by molar-refractivity contribution is 5.85. The quantitative estimate of drug-likeness (QED) is 0.479. The summed E-state index contributed by atoms with van der Waals surface area (Å²) in [5, 5.41) is 41.1. The van der Waals surface area contributed by atoms with Crippen molar-refractivity contribution in [3.05, 3.63) is 12.2 Å². The molecule has 1 heterocycles. The van der Waals surface area contributed by atoms with Gasteiger partial charge in [0.05, 0.1) is 37.3 Å². The van der Waals surface area contributed by atoms with Crippen LogP contribution in [0, 0.1) is 29.1 Å². The first-order valence-corrected chi connectivity index (χ1v) is 9.63. The summed E-state index contributed by atoms with van der Waals surface area (Å²) in [7, 11) is 0. The normalized spacial score (nSPS) is 41.0. The number of hydrogen-bond donors (Lipinski definition) is 4. The lowest BCUT2D eigenvalue weighted by molar-refractivity contribution is -0.258. The Balaban J connectivity index is 2.07. The molecule has 2 fully saturated rings. The number of carbonyl (C=O) groups excluding carboxylic acids is 1. The molecule has 0 aromatic heterocycles. The number of Topliss-reactive ketones (excluding diaryl/α,β-unsaturated/α-hetero) is 1. The molecule has 26 heavy (non-hydrogen) atoms. The van der Waals surface area contributed by atoms with Crippen LogP contribution in [-0.4, -0.2) is 57.4 Å². The zero-order chi connectivity index (χ0) is 19.7. The van der Waals surface area contributed by atoms with Crippen LogP contribution in [0.3, 0.4) is 0 Å². The zero-order valence-corrected chi connectivity index (χ0v) is 16.3. The molecule has 8 atom stereocenters. The Morgan fingerprint density at radius 1 is 1.38 bits per heavy atom. The van der Waals surface area contributed by atoms with Crippen LogP contribution in [0.25, 0.3) is 0 Å². The van der Waals surface area contributed by atoms with Gasteiger partial charge in [0.2, 0.25) is 0 Å². The summed E-state index contributed by atoms with van der Waals surface area (Å²) in [4.78, 5) is 12.9. The molecule has 0 spiro atoms. The lowest BCUT2D eigenvalue weighted by atomic mass is 9.77. The van der Waals surface area contributed by atoms with Crippen LogP contribution in [0.5, 0.6) is 0 Å². The maximum absolute atomic E-state index is 12.9. The lowest BCUT2D eigenvalue weighted by Crippen LogP contribution is -2.52. The minimum atomic E-state index is -1.42. The van der Waals surface area contributed by atoms with Crippen LogP contribution in [0.1, 0.15) is 47.0 Å². The molecule has 6 nitrogen and oxygen atoms in total. The van der Waals surface area contributed by atoms with E-state index in [2.05, 4.69) is 13.0 Å². The average molecular weight is 370 g/mol. The van der Waals surface area contributed by atoms with Crippen molar-refractivity contribution < 1.29 is 30.0 Å². The molecule has 2 rings (SSSR count). The van der Waals surface area contributed by atoms with Crippen molar-refractivity contribution in [2.75, 3.05) is 13.2 Å². The van der Waals surface area contributed by atoms with Gasteiger partial charge in [-0.3, -0.25) is 4.79 Å². The summed E-state index contributed by atoms with van der Waals surface area (Å²) >= 11 is 0. The molecule has 1 saturated heterocycles. The van der Waals surface area contributed by atoms with Gasteiger partial charge in [0, 0.05) is 6.42 Å². The van der Waals surface area contributed by atoms with Crippen LogP contribution in [0.15, 0.2) is 12.2 Å². The van der Waals surface area contributed by atoms with Gasteiger partial charge in [-0.05, 0) is 37.0 Å². The van der Waals surface area contributed by atoms with Crippen molar-refractivity contribution >= 4 is 5.78 Å². The third-order valence-electron chi connectivity index (χ3n) is 6.54. The fraction of sp³-hybridized carbons (Fsp3) is 0.850. The van der Waals surface area contributed by atoms with Gasteiger partial charge in [-0.2, -0.15) is 0 Å². The summed E-state index contributed by atoms with van der Waals surface area (Å²) in [6.45, 7) is 7.15. The van der Waals surface area contributed by atoms with Crippen LogP contribution < -0.4 is 0 Å². The van der Waals surface area contributed by atoms with E-state index in [1.54, 1.807) is 6.92 Å². The Bertz CT molecular complexity index is 534. The molecule has 0 aromatic carbocycles. The predicted octanol–water partition coefficient (Wildman–Crippen LogP) is 1.26. The van der Waals surface area contributed by atoms with E-state index in [4.69, 9.17) is 4.74 Å². The number of aliphatic hydroxyl groups is 4. The van der Waals surface area contributed by atoms with Crippen molar-refractivity contribution in [3.63, 3.8) is 0 Å². The van der Waals surface area contributed by atoms with Crippen LogP contribution in [-0.2, 0) is 9.53 Å². The van der Waals surface area contributed by atoms with E-state index in [1.165, 1.54) is 0 Å². The van der Waals surface area contributed by atoms with E-state index >= 15 is 0 Å². The van der Waals surface area contributed by atoms with Gasteiger partial charge < -0.3 is 25.2 Å². The first-order valence-electron chi connectivity index (χ1n) is 9.63. The second kappa shape index (κ2) is 8.07. The molecule has 1 saturated carbocycles. The molecule has 2 unspecified atom stereocenters. The van der Waals surface area contributed by atoms with Gasteiger partial charge in [-0.25, -0.2) is 0 Å². The minimum absolute atomic E-state index is 0.0492. The molecular weight excluding hydrogens is 336 g/mol. The summed E-state index contributed by atoms with van der Waals surface area (Å²) in [6, 6.07) is 0. The highest BCUT2D eigenvalue weighted by Crippen LogP contribution is 2.60. The number of hydrogen-bond acceptors (Lipinski definition) is 6. The zero-order valence-electron chi connectivity index (χ0n) is 16.3. The molecule has 1 aliphatic heterocycles. The van der Waals surface area contributed by atoms with E-state index in [-0.39, 0.29) is 24.9 Å². The molecule has 0 aromatic rings. The number of aliphatic hydroxyl groups excluding tert-OH is 3. The monoisotopic (exact) mass is 370 g/mol. The molecular formula is C20H34O6. The van der Waals surface area contributed by atoms with Crippen molar-refractivity contribution in [1.82, 2.24) is 0 Å². The number of allylic oxidation sites excluding steroid dienone is 2. The second-order valence-corrected chi connectivity index (χ2v) is 8.33. The third-order valence-corrected chi connectivity index (χ3v) is 6.54. The standard InChI is InChI=1S/C20H34O6/c1-5-7-12(3)15-8-19(15,4)18(24)13(10-21)17(23)14-11-26-20(25,6-2)9-16(14)22/h5,7,12-16,18,21-22,24-25H,6,8-11H2,1-4H3/b7-5-/t12-,13-,14+,15+,16-,18-,19?,20?/m0/s1. The SMILES string of the molecule is C/C=C\[C@H](C)[C@H]1CC1(C)[C@@H](O)[C@@H](CO)C(=O)[C@@H]1COC(O)(CC)C[C@@H]1O. The Kier molecular flexibility index (Phi) is 6.67. The van der Waals surface area contributed by atoms with Crippen molar-refractivity contribution in [1.29, 1.82) is 0 Å². The van der Waals surface area contributed by atoms with E-state index < -0.39 is 47.6 Å². The lowest BCUT2D eigenvalue weighted by Gasteiger charge is -2.40. The first kappa shape index (κ1) is 21.5. The number of ether oxygens (including phenoxy) is 1. The average Bonchev–Trinajstić information content (AvgIpc) is 3.29. The van der Waals surface area contributed by atoms with Gasteiger partial charge in [-0.15, -0.1) is 0 Å². The molecule has 6 heteroatoms. The Hall–Kier alpha value is -0.790. The topological polar surface area (TPSA) is 107 Å². The van der Waals surface area contributed by atoms with E-state index in [0.29, 0.717) is 6.42 Å². The Labute approximate surface area is 155 Å². The summed E-state index contributed by atoms with van der Waals surface area (Å²) < 4.78 is 5.39. The Morgan fingerprint density at radius 2 is 2.04 bits per heavy atom. The Morgan fingerprint density at radius 3 is 2.54 bits per heavy atom. The maximum atomic E-state index is 12.9. The smallest absolute Gasteiger partial charge is 0.167 e. The van der Waals surface area contributed by atoms with E-state index in [9.17, 15) is 25.2 Å². The molecule has 1 aliphatic carbocycles. The molecule has 4 N–H and O–H groups in total. The van der Waals surface area contributed by atoms with Gasteiger partial charge in [0.1, 0.15) is 5.78 Å². The third kappa shape index (κ3) is 4.04. The van der Waals surface area contributed by atoms with Gasteiger partial charge in [-0.1, -0.05) is 32.9 Å². The molecule has 150 valence electrons. The van der Waals surface area contributed by atoms with E-state index in [0.717, 1.165) is 6.42 Å². The molecule has 0 bridgehead atoms. The van der Waals surface area contributed by atoms with Gasteiger partial charge >= 0.3 is 0 Å². The van der Waals surface area contributed by atoms with Crippen molar-refractivity contribution in [3.8, 4) is 0 Å². The van der Waals surface area contributed by atoms with Crippen LogP contribution >= 0.6 is 0 Å². The minimum Gasteiger partial charge on any atom is -0.396 e. The van der Waals surface area contributed by atoms with Crippen LogP contribution in [0.2, 0.25) is 0 Å². The van der Waals surface area contributed by atoms with Gasteiger partial charge in [0.15, 0.2) is 5.79 Å². The number of rotatable bonds is 8. The molecule has 2 aliphatic rings. The molecule has 0 amide bonds. The second-order valence-electron chi connectivity index (χ2n) is 8.33. The number of carbonyl (C=O) groups is 1. The van der Waals surface area contributed by atoms with E-state index in [1.807, 2.05) is 19.9 Å². The fourth-order valence-electron chi connectivity index (χ4n) is 4.46. The largest absolute Gasteiger partial charge is 0.396 e.